The highest BCUT2D eigenvalue weighted by molar-refractivity contribution is 7.17. The van der Waals surface area contributed by atoms with Gasteiger partial charge in [-0.1, -0.05) is 6.07 Å². The number of fused-ring (bicyclic) bond motifs is 5. The van der Waals surface area contributed by atoms with Crippen LogP contribution in [0, 0.1) is 37.0 Å². The number of hydrogen-bond donors (Lipinski definition) is 3. The average Bonchev–Trinajstić information content (AvgIpc) is 3.52. The predicted molar refractivity (Wildman–Crippen MR) is 131 cm³/mol. The first kappa shape index (κ1) is 22.9. The zero-order valence-electron chi connectivity index (χ0n) is 20.0. The molecular weight excluding hydrogens is 478 g/mol. The SMILES string of the molecule is Cc1ccc2c(c1C)NC(=O)[C@@]21[NH2+][C@H](CC(N)=O)[C@H]2C(=O)N(c3sc4c(c3C#N)CCCC4)C(=O)[C@H]21. The van der Waals surface area contributed by atoms with Crippen molar-refractivity contribution in [2.24, 2.45) is 17.6 Å². The van der Waals surface area contributed by atoms with Crippen LogP contribution in [0.3, 0.4) is 0 Å². The molecule has 9 nitrogen and oxygen atoms in total. The molecule has 6 rings (SSSR count). The molecule has 0 saturated carbocycles. The van der Waals surface area contributed by atoms with E-state index in [4.69, 9.17) is 5.73 Å². The van der Waals surface area contributed by atoms with Crippen molar-refractivity contribution in [2.75, 3.05) is 10.2 Å². The maximum Gasteiger partial charge on any atom is 0.291 e. The van der Waals surface area contributed by atoms with Crippen molar-refractivity contribution in [1.82, 2.24) is 0 Å². The van der Waals surface area contributed by atoms with Gasteiger partial charge in [0.15, 0.2) is 0 Å². The normalized spacial score (nSPS) is 28.2. The van der Waals surface area contributed by atoms with Gasteiger partial charge in [0.25, 0.3) is 5.91 Å². The van der Waals surface area contributed by atoms with Gasteiger partial charge in [-0.25, -0.2) is 4.90 Å². The lowest BCUT2D eigenvalue weighted by molar-refractivity contribution is -0.732. The third-order valence-corrected chi connectivity index (χ3v) is 9.76. The highest BCUT2D eigenvalue weighted by Gasteiger charge is 2.74. The number of nitrogens with zero attached hydrogens (tertiary/aromatic N) is 2. The van der Waals surface area contributed by atoms with Gasteiger partial charge in [0.2, 0.25) is 23.3 Å². The van der Waals surface area contributed by atoms with Gasteiger partial charge in [0.05, 0.1) is 17.7 Å². The Morgan fingerprint density at radius 1 is 1.25 bits per heavy atom. The number of benzene rings is 1. The van der Waals surface area contributed by atoms with Crippen LogP contribution in [0.25, 0.3) is 0 Å². The summed E-state index contributed by atoms with van der Waals surface area (Å²) in [5.41, 5.74) is 8.64. The number of anilines is 2. The molecule has 4 heterocycles. The molecule has 184 valence electrons. The second kappa shape index (κ2) is 7.72. The number of nitrogens with two attached hydrogens (primary N) is 2. The van der Waals surface area contributed by atoms with Crippen molar-refractivity contribution >= 4 is 45.7 Å². The number of nitriles is 1. The van der Waals surface area contributed by atoms with Crippen LogP contribution in [0.15, 0.2) is 12.1 Å². The fourth-order valence-corrected chi connectivity index (χ4v) is 8.07. The number of hydrogen-bond acceptors (Lipinski definition) is 6. The number of rotatable bonds is 3. The van der Waals surface area contributed by atoms with Crippen LogP contribution in [0.5, 0.6) is 0 Å². The van der Waals surface area contributed by atoms with E-state index in [1.807, 2.05) is 26.0 Å². The summed E-state index contributed by atoms with van der Waals surface area (Å²) in [6, 6.07) is 5.30. The number of aryl methyl sites for hydroxylation is 2. The molecule has 10 heteroatoms. The van der Waals surface area contributed by atoms with E-state index in [0.717, 1.165) is 52.2 Å². The average molecular weight is 505 g/mol. The number of quaternary nitrogens is 1. The molecule has 2 fully saturated rings. The molecule has 2 saturated heterocycles. The molecule has 4 aliphatic rings. The van der Waals surface area contributed by atoms with E-state index in [-0.39, 0.29) is 12.3 Å². The quantitative estimate of drug-likeness (QED) is 0.531. The Morgan fingerprint density at radius 2 is 2.00 bits per heavy atom. The molecular formula is C26H26N5O4S+. The van der Waals surface area contributed by atoms with E-state index in [1.54, 1.807) is 5.32 Å². The van der Waals surface area contributed by atoms with E-state index in [9.17, 15) is 24.4 Å². The fourth-order valence-electron chi connectivity index (χ4n) is 6.72. The number of nitrogens with one attached hydrogen (secondary N) is 1. The maximum absolute atomic E-state index is 14.2. The number of thiophene rings is 1. The fraction of sp³-hybridized carbons (Fsp3) is 0.423. The van der Waals surface area contributed by atoms with Gasteiger partial charge in [0.1, 0.15) is 28.9 Å². The van der Waals surface area contributed by atoms with Crippen LogP contribution < -0.4 is 21.3 Å². The van der Waals surface area contributed by atoms with Gasteiger partial charge < -0.3 is 16.4 Å². The molecule has 1 aromatic heterocycles. The molecule has 1 spiro atoms. The maximum atomic E-state index is 14.2. The van der Waals surface area contributed by atoms with Crippen molar-refractivity contribution in [2.45, 2.75) is 57.5 Å². The van der Waals surface area contributed by atoms with E-state index in [2.05, 4.69) is 11.4 Å². The predicted octanol–water partition coefficient (Wildman–Crippen LogP) is 0.890. The van der Waals surface area contributed by atoms with Crippen LogP contribution in [-0.2, 0) is 37.6 Å². The summed E-state index contributed by atoms with van der Waals surface area (Å²) in [5, 5.41) is 15.0. The lowest BCUT2D eigenvalue weighted by atomic mass is 9.76. The van der Waals surface area contributed by atoms with Gasteiger partial charge in [-0.3, -0.25) is 19.2 Å². The monoisotopic (exact) mass is 504 g/mol. The van der Waals surface area contributed by atoms with Crippen molar-refractivity contribution in [3.63, 3.8) is 0 Å². The van der Waals surface area contributed by atoms with Crippen LogP contribution in [0.2, 0.25) is 0 Å². The minimum atomic E-state index is -1.39. The number of amides is 4. The van der Waals surface area contributed by atoms with Crippen molar-refractivity contribution in [3.05, 3.63) is 44.8 Å². The lowest BCUT2D eigenvalue weighted by Crippen LogP contribution is -2.99. The first-order valence-electron chi connectivity index (χ1n) is 12.2. The van der Waals surface area contributed by atoms with Crippen molar-refractivity contribution < 1.29 is 24.5 Å². The van der Waals surface area contributed by atoms with Gasteiger partial charge >= 0.3 is 0 Å². The molecule has 0 unspecified atom stereocenters. The van der Waals surface area contributed by atoms with E-state index >= 15 is 0 Å². The standard InChI is InChI=1S/C26H25N5O4S/c1-11-7-8-15-21(12(11)2)29-25(35)26(15)20-19(16(30-26)9-18(28)32)22(33)31(23(20)34)24-14(10-27)13-5-3-4-6-17(13)36-24/h7-8,16,19-20,30H,3-6,9H2,1-2H3,(H2,28,32)(H,29,35)/p+1/t16-,19-,20+,26-/m1/s1. The first-order valence-corrected chi connectivity index (χ1v) is 13.0. The number of imide groups is 1. The molecule has 5 N–H and O–H groups in total. The highest BCUT2D eigenvalue weighted by Crippen LogP contribution is 2.52. The Hall–Kier alpha value is -3.55. The topological polar surface area (TPSA) is 150 Å². The third-order valence-electron chi connectivity index (χ3n) is 8.48. The summed E-state index contributed by atoms with van der Waals surface area (Å²) in [4.78, 5) is 56.0. The van der Waals surface area contributed by atoms with Gasteiger partial charge in [-0.2, -0.15) is 5.26 Å². The first-order chi connectivity index (χ1) is 17.2. The molecule has 0 radical (unpaired) electrons. The molecule has 2 aromatic rings. The minimum absolute atomic E-state index is 0.144. The van der Waals surface area contributed by atoms with Crippen molar-refractivity contribution in [1.29, 1.82) is 5.26 Å². The van der Waals surface area contributed by atoms with Gasteiger partial charge in [0, 0.05) is 10.4 Å². The molecule has 0 bridgehead atoms. The smallest absolute Gasteiger partial charge is 0.291 e. The lowest BCUT2D eigenvalue weighted by Gasteiger charge is -2.26. The van der Waals surface area contributed by atoms with Gasteiger partial charge in [-0.15, -0.1) is 11.3 Å². The van der Waals surface area contributed by atoms with Crippen LogP contribution in [-0.4, -0.2) is 29.7 Å². The molecule has 36 heavy (non-hydrogen) atoms. The van der Waals surface area contributed by atoms with Crippen molar-refractivity contribution in [3.8, 4) is 6.07 Å². The number of carbonyl (C=O) groups is 4. The summed E-state index contributed by atoms with van der Waals surface area (Å²) in [6.07, 6.45) is 3.37. The van der Waals surface area contributed by atoms with Gasteiger partial charge in [-0.05, 0) is 62.3 Å². The zero-order chi connectivity index (χ0) is 25.5. The highest BCUT2D eigenvalue weighted by atomic mass is 32.1. The van der Waals surface area contributed by atoms with E-state index in [1.165, 1.54) is 11.3 Å². The summed E-state index contributed by atoms with van der Waals surface area (Å²) in [7, 11) is 0. The Kier molecular flexibility index (Phi) is 4.91. The Bertz CT molecular complexity index is 1440. The summed E-state index contributed by atoms with van der Waals surface area (Å²) in [6.45, 7) is 3.85. The summed E-state index contributed by atoms with van der Waals surface area (Å²) < 4.78 is 0. The zero-order valence-corrected chi connectivity index (χ0v) is 20.8. The number of carbonyl (C=O) groups excluding carboxylic acids is 4. The van der Waals surface area contributed by atoms with Crippen LogP contribution in [0.4, 0.5) is 10.7 Å². The van der Waals surface area contributed by atoms with E-state index in [0.29, 0.717) is 21.8 Å². The number of primary amides is 1. The second-order valence-electron chi connectivity index (χ2n) is 10.3. The van der Waals surface area contributed by atoms with E-state index < -0.39 is 41.1 Å². The summed E-state index contributed by atoms with van der Waals surface area (Å²) >= 11 is 1.33. The summed E-state index contributed by atoms with van der Waals surface area (Å²) in [5.74, 6) is -3.86. The molecule has 3 aliphatic heterocycles. The minimum Gasteiger partial charge on any atom is -0.369 e. The Morgan fingerprint density at radius 3 is 2.72 bits per heavy atom. The molecule has 1 aromatic carbocycles. The Labute approximate surface area is 211 Å². The largest absolute Gasteiger partial charge is 0.369 e. The molecule has 4 amide bonds. The molecule has 1 aliphatic carbocycles. The van der Waals surface area contributed by atoms with Crippen LogP contribution in [0.1, 0.15) is 52.0 Å². The van der Waals surface area contributed by atoms with Crippen LogP contribution >= 0.6 is 11.3 Å². The third kappa shape index (κ3) is 2.78. The second-order valence-corrected chi connectivity index (χ2v) is 11.4. The Balaban J connectivity index is 1.53. The molecule has 4 atom stereocenters.